The molecule has 2 aromatic carbocycles. The number of nitrogens with zero attached hydrogens (tertiary/aromatic N) is 5. The molecule has 1 aromatic heterocycles. The predicted octanol–water partition coefficient (Wildman–Crippen LogP) is 3.89. The van der Waals surface area contributed by atoms with Crippen LogP contribution in [0.3, 0.4) is 0 Å². The molecule has 2 aliphatic rings. The van der Waals surface area contributed by atoms with E-state index in [2.05, 4.69) is 15.2 Å². The fourth-order valence-corrected chi connectivity index (χ4v) is 4.55. The van der Waals surface area contributed by atoms with Crippen LogP contribution in [-0.4, -0.2) is 72.0 Å². The minimum Gasteiger partial charge on any atom is -0.365 e. The number of amides is 1. The van der Waals surface area contributed by atoms with Gasteiger partial charge in [-0.25, -0.2) is 18.7 Å². The molecule has 1 saturated heterocycles. The van der Waals surface area contributed by atoms with E-state index in [-0.39, 0.29) is 23.0 Å². The highest BCUT2D eigenvalue weighted by Gasteiger charge is 2.24. The van der Waals surface area contributed by atoms with Crippen LogP contribution < -0.4 is 10.2 Å². The van der Waals surface area contributed by atoms with Crippen LogP contribution >= 0.6 is 11.6 Å². The van der Waals surface area contributed by atoms with Crippen molar-refractivity contribution in [3.63, 3.8) is 0 Å². The van der Waals surface area contributed by atoms with Crippen molar-refractivity contribution in [3.05, 3.63) is 70.4 Å². The van der Waals surface area contributed by atoms with Crippen LogP contribution in [0.15, 0.2) is 42.6 Å². The van der Waals surface area contributed by atoms with E-state index in [0.717, 1.165) is 30.8 Å². The Labute approximate surface area is 207 Å². The average molecular weight is 499 g/mol. The summed E-state index contributed by atoms with van der Waals surface area (Å²) in [6.45, 7) is 4.22. The van der Waals surface area contributed by atoms with Gasteiger partial charge >= 0.3 is 0 Å². The molecule has 35 heavy (non-hydrogen) atoms. The maximum atomic E-state index is 14.4. The highest BCUT2D eigenvalue weighted by molar-refractivity contribution is 6.31. The Morgan fingerprint density at radius 2 is 1.86 bits per heavy atom. The minimum absolute atomic E-state index is 0.00890. The number of carbonyl (C=O) groups excluding carboxylic acids is 1. The van der Waals surface area contributed by atoms with Crippen molar-refractivity contribution in [1.82, 2.24) is 19.8 Å². The minimum atomic E-state index is -0.667. The smallest absolute Gasteiger partial charge is 0.253 e. The highest BCUT2D eigenvalue weighted by Crippen LogP contribution is 2.32. The van der Waals surface area contributed by atoms with Gasteiger partial charge in [0.05, 0.1) is 16.9 Å². The van der Waals surface area contributed by atoms with Gasteiger partial charge in [-0.05, 0) is 31.3 Å². The van der Waals surface area contributed by atoms with Gasteiger partial charge in [-0.1, -0.05) is 23.7 Å². The molecule has 1 amide bonds. The monoisotopic (exact) mass is 498 g/mol. The first-order chi connectivity index (χ1) is 16.9. The van der Waals surface area contributed by atoms with Crippen molar-refractivity contribution >= 4 is 29.1 Å². The van der Waals surface area contributed by atoms with Crippen molar-refractivity contribution < 1.29 is 13.6 Å². The molecule has 0 radical (unpaired) electrons. The lowest BCUT2D eigenvalue weighted by Crippen LogP contribution is -2.47. The van der Waals surface area contributed by atoms with Gasteiger partial charge in [0.2, 0.25) is 0 Å². The Morgan fingerprint density at radius 3 is 2.66 bits per heavy atom. The van der Waals surface area contributed by atoms with Crippen LogP contribution in [-0.2, 0) is 6.54 Å². The number of aromatic nitrogens is 2. The number of hydrogen-bond acceptors (Lipinski definition) is 6. The molecule has 2 aliphatic heterocycles. The molecular weight excluding hydrogens is 474 g/mol. The van der Waals surface area contributed by atoms with Gasteiger partial charge in [-0.2, -0.15) is 0 Å². The number of anilines is 2. The number of nitrogens with one attached hydrogen (secondary N) is 1. The number of piperazine rings is 1. The van der Waals surface area contributed by atoms with E-state index in [9.17, 15) is 13.6 Å². The van der Waals surface area contributed by atoms with Gasteiger partial charge in [0.25, 0.3) is 5.91 Å². The molecule has 3 heterocycles. The lowest BCUT2D eigenvalue weighted by Gasteiger charge is -2.32. The summed E-state index contributed by atoms with van der Waals surface area (Å²) in [5, 5.41) is 2.96. The van der Waals surface area contributed by atoms with Crippen molar-refractivity contribution in [1.29, 1.82) is 0 Å². The summed E-state index contributed by atoms with van der Waals surface area (Å²) >= 11 is 6.06. The topological polar surface area (TPSA) is 64.6 Å². The Hall–Kier alpha value is -3.30. The first kappa shape index (κ1) is 23.4. The maximum Gasteiger partial charge on any atom is 0.253 e. The van der Waals surface area contributed by atoms with Crippen LogP contribution in [0.2, 0.25) is 5.02 Å². The second-order valence-electron chi connectivity index (χ2n) is 8.77. The molecule has 0 spiro atoms. The maximum absolute atomic E-state index is 14.4. The van der Waals surface area contributed by atoms with Crippen molar-refractivity contribution in [2.45, 2.75) is 6.54 Å². The largest absolute Gasteiger partial charge is 0.365 e. The van der Waals surface area contributed by atoms with Crippen LogP contribution in [0, 0.1) is 11.6 Å². The first-order valence-electron chi connectivity index (χ1n) is 11.5. The number of benzene rings is 2. The van der Waals surface area contributed by atoms with Gasteiger partial charge in [-0.3, -0.25) is 4.79 Å². The second-order valence-corrected chi connectivity index (χ2v) is 9.15. The normalized spacial score (nSPS) is 16.1. The molecule has 10 heteroatoms. The number of rotatable bonds is 4. The molecule has 0 atom stereocenters. The molecule has 0 unspecified atom stereocenters. The lowest BCUT2D eigenvalue weighted by molar-refractivity contribution is 0.0664. The van der Waals surface area contributed by atoms with Crippen molar-refractivity contribution in [2.24, 2.45) is 0 Å². The molecule has 3 aromatic rings. The third-order valence-corrected chi connectivity index (χ3v) is 6.82. The second kappa shape index (κ2) is 9.75. The Balaban J connectivity index is 1.43. The van der Waals surface area contributed by atoms with Gasteiger partial charge < -0.3 is 20.0 Å². The number of carbonyl (C=O) groups is 1. The standard InChI is InChI=1S/C25H25ClF2N6O/c1-32-9-11-33(12-10-32)25(35)17-4-2-3-16(13-17)21-14-30-23-24(31-21)34(8-7-29-23)15-18-19(27)5-6-20(28)22(18)26/h2-6,13-14H,7-12,15H2,1H3,(H,29,30). The predicted molar refractivity (Wildman–Crippen MR) is 132 cm³/mol. The number of likely N-dealkylation sites (N-methyl/N-ethyl adjacent to an activating group) is 1. The zero-order valence-electron chi connectivity index (χ0n) is 19.3. The van der Waals surface area contributed by atoms with Gasteiger partial charge in [0.15, 0.2) is 11.6 Å². The van der Waals surface area contributed by atoms with Crippen LogP contribution in [0.4, 0.5) is 20.4 Å². The third-order valence-electron chi connectivity index (χ3n) is 6.41. The number of fused-ring (bicyclic) bond motifs is 1. The molecular formula is C25H25ClF2N6O. The molecule has 1 fully saturated rings. The molecule has 5 rings (SSSR count). The number of halogens is 3. The van der Waals surface area contributed by atoms with Crippen LogP contribution in [0.5, 0.6) is 0 Å². The third kappa shape index (κ3) is 4.78. The summed E-state index contributed by atoms with van der Waals surface area (Å²) in [7, 11) is 2.05. The molecule has 0 aliphatic carbocycles. The van der Waals surface area contributed by atoms with E-state index < -0.39 is 11.6 Å². The molecule has 7 nitrogen and oxygen atoms in total. The summed E-state index contributed by atoms with van der Waals surface area (Å²) in [6.07, 6.45) is 1.64. The quantitative estimate of drug-likeness (QED) is 0.551. The Morgan fingerprint density at radius 1 is 1.09 bits per heavy atom. The summed E-state index contributed by atoms with van der Waals surface area (Å²) in [5.74, 6) is -0.178. The number of hydrogen-bond donors (Lipinski definition) is 1. The van der Waals surface area contributed by atoms with Gasteiger partial charge in [0.1, 0.15) is 11.6 Å². The van der Waals surface area contributed by atoms with Gasteiger partial charge in [0, 0.05) is 62.5 Å². The summed E-state index contributed by atoms with van der Waals surface area (Å²) < 4.78 is 28.4. The summed E-state index contributed by atoms with van der Waals surface area (Å²) in [6, 6.07) is 9.42. The zero-order chi connectivity index (χ0) is 24.5. The Kier molecular flexibility index (Phi) is 6.53. The van der Waals surface area contributed by atoms with E-state index in [1.807, 2.05) is 35.0 Å². The lowest BCUT2D eigenvalue weighted by atomic mass is 10.1. The van der Waals surface area contributed by atoms with E-state index in [4.69, 9.17) is 16.6 Å². The molecule has 0 bridgehead atoms. The fourth-order valence-electron chi connectivity index (χ4n) is 4.34. The van der Waals surface area contributed by atoms with Gasteiger partial charge in [-0.15, -0.1) is 0 Å². The van der Waals surface area contributed by atoms with Crippen molar-refractivity contribution in [3.8, 4) is 11.3 Å². The molecule has 0 saturated carbocycles. The highest BCUT2D eigenvalue weighted by atomic mass is 35.5. The summed E-state index contributed by atoms with van der Waals surface area (Å²) in [4.78, 5) is 28.2. The van der Waals surface area contributed by atoms with E-state index >= 15 is 0 Å². The fraction of sp³-hybridized carbons (Fsp3) is 0.320. The average Bonchev–Trinajstić information content (AvgIpc) is 2.89. The van der Waals surface area contributed by atoms with E-state index in [0.29, 0.717) is 49.1 Å². The molecule has 182 valence electrons. The SMILES string of the molecule is CN1CCN(C(=O)c2cccc(-c3cnc4c(n3)N(Cc3c(F)ccc(F)c3Cl)CCN4)c2)CC1. The zero-order valence-corrected chi connectivity index (χ0v) is 20.0. The van der Waals surface area contributed by atoms with E-state index in [1.54, 1.807) is 12.3 Å². The van der Waals surface area contributed by atoms with Crippen LogP contribution in [0.1, 0.15) is 15.9 Å². The molecule has 1 N–H and O–H groups in total. The van der Waals surface area contributed by atoms with Crippen LogP contribution in [0.25, 0.3) is 11.3 Å². The van der Waals surface area contributed by atoms with E-state index in [1.165, 1.54) is 0 Å². The first-order valence-corrected chi connectivity index (χ1v) is 11.8. The summed E-state index contributed by atoms with van der Waals surface area (Å²) in [5.41, 5.74) is 2.00. The van der Waals surface area contributed by atoms with Crippen molar-refractivity contribution in [2.75, 3.05) is 56.5 Å². The Bertz CT molecular complexity index is 1260.